The summed E-state index contributed by atoms with van der Waals surface area (Å²) in [5.74, 6) is -6.33. The third kappa shape index (κ3) is 7.53. The van der Waals surface area contributed by atoms with Crippen LogP contribution in [0.3, 0.4) is 0 Å². The summed E-state index contributed by atoms with van der Waals surface area (Å²) in [6.07, 6.45) is 2.78. The van der Waals surface area contributed by atoms with Crippen LogP contribution in [0.25, 0.3) is 22.3 Å². The van der Waals surface area contributed by atoms with Gasteiger partial charge < -0.3 is 20.5 Å². The maximum absolute atomic E-state index is 15.0. The van der Waals surface area contributed by atoms with Crippen molar-refractivity contribution in [3.63, 3.8) is 0 Å². The van der Waals surface area contributed by atoms with Crippen LogP contribution in [0.4, 0.5) is 23.4 Å². The molecule has 4 rings (SSSR count). The molecule has 4 aromatic rings. The number of anilines is 1. The zero-order valence-electron chi connectivity index (χ0n) is 23.4. The fourth-order valence-electron chi connectivity index (χ4n) is 4.00. The fourth-order valence-corrected chi connectivity index (χ4v) is 4.56. The molecule has 236 valence electrons. The zero-order chi connectivity index (χ0) is 32.9. The molecular weight excluding hydrogens is 620 g/mol. The zero-order valence-corrected chi connectivity index (χ0v) is 24.2. The van der Waals surface area contributed by atoms with Crippen molar-refractivity contribution < 1.29 is 40.2 Å². The minimum Gasteiger partial charge on any atom is -0.441 e. The fraction of sp³-hybridized carbons (Fsp3) is 0.172. The van der Waals surface area contributed by atoms with Crippen LogP contribution >= 0.6 is 0 Å². The number of hydrogen-bond donors (Lipinski definition) is 2. The van der Waals surface area contributed by atoms with Crippen LogP contribution in [0.2, 0.25) is 0 Å². The van der Waals surface area contributed by atoms with Gasteiger partial charge in [0.05, 0.1) is 11.1 Å². The summed E-state index contributed by atoms with van der Waals surface area (Å²) in [4.78, 5) is 21.1. The Hall–Kier alpha value is -5.09. The van der Waals surface area contributed by atoms with Crippen molar-refractivity contribution in [3.8, 4) is 23.0 Å². The Morgan fingerprint density at radius 1 is 1.02 bits per heavy atom. The van der Waals surface area contributed by atoms with E-state index in [0.717, 1.165) is 40.4 Å². The van der Waals surface area contributed by atoms with Gasteiger partial charge in [-0.2, -0.15) is 15.1 Å². The standard InChI is InChI=1S/C29H26F4N6O5S/c1-4-16(5-2)24(34)28(40)43-15-39-27-23(25(38-39)19-13-17(30)7-9-20(19)32)26(35-11-12-45(41,42)6-3)36-29(37-27)44-22-10-8-18(31)14-21(22)33/h4-10,13-14,16,24H,1-3,11-12,15,34H2,(H,35,36,37)/t24-/m0/s1. The Bertz CT molecular complexity index is 1890. The predicted octanol–water partition coefficient (Wildman–Crippen LogP) is 4.63. The lowest BCUT2D eigenvalue weighted by Gasteiger charge is -2.16. The molecule has 1 atom stereocenters. The van der Waals surface area contributed by atoms with E-state index in [1.165, 1.54) is 12.2 Å². The van der Waals surface area contributed by atoms with Gasteiger partial charge in [-0.15, -0.1) is 13.2 Å². The van der Waals surface area contributed by atoms with Crippen molar-refractivity contribution in [3.05, 3.63) is 97.0 Å². The second-order valence-electron chi connectivity index (χ2n) is 9.33. The topological polar surface area (TPSA) is 151 Å². The Morgan fingerprint density at radius 2 is 1.71 bits per heavy atom. The molecule has 0 saturated heterocycles. The van der Waals surface area contributed by atoms with Crippen molar-refractivity contribution in [1.82, 2.24) is 19.7 Å². The Labute approximate surface area is 254 Å². The van der Waals surface area contributed by atoms with Crippen LogP contribution < -0.4 is 15.8 Å². The highest BCUT2D eigenvalue weighted by Gasteiger charge is 2.26. The molecule has 0 fully saturated rings. The quantitative estimate of drug-likeness (QED) is 0.113. The number of nitrogens with two attached hydrogens (primary N) is 1. The number of carbonyl (C=O) groups excluding carboxylic acids is 1. The highest BCUT2D eigenvalue weighted by Crippen LogP contribution is 2.36. The molecule has 45 heavy (non-hydrogen) atoms. The number of ether oxygens (including phenoxy) is 2. The Kier molecular flexibility index (Phi) is 9.98. The van der Waals surface area contributed by atoms with Crippen LogP contribution in [0.5, 0.6) is 11.8 Å². The number of hydrogen-bond acceptors (Lipinski definition) is 10. The van der Waals surface area contributed by atoms with Gasteiger partial charge in [0.15, 0.2) is 33.8 Å². The van der Waals surface area contributed by atoms with Gasteiger partial charge in [0.2, 0.25) is 0 Å². The van der Waals surface area contributed by atoms with E-state index < -0.39 is 75.3 Å². The summed E-state index contributed by atoms with van der Waals surface area (Å²) in [6.45, 7) is 9.49. The number of aromatic nitrogens is 4. The summed E-state index contributed by atoms with van der Waals surface area (Å²) in [7, 11) is -3.69. The number of halogens is 4. The van der Waals surface area contributed by atoms with E-state index in [4.69, 9.17) is 15.2 Å². The lowest BCUT2D eigenvalue weighted by atomic mass is 10.0. The van der Waals surface area contributed by atoms with Gasteiger partial charge >= 0.3 is 12.0 Å². The third-order valence-corrected chi connectivity index (χ3v) is 7.62. The molecule has 0 aliphatic rings. The predicted molar refractivity (Wildman–Crippen MR) is 158 cm³/mol. The van der Waals surface area contributed by atoms with Gasteiger partial charge in [0.25, 0.3) is 0 Å². The van der Waals surface area contributed by atoms with Crippen LogP contribution in [-0.4, -0.2) is 52.5 Å². The van der Waals surface area contributed by atoms with E-state index in [2.05, 4.69) is 40.1 Å². The Morgan fingerprint density at radius 3 is 2.38 bits per heavy atom. The highest BCUT2D eigenvalue weighted by atomic mass is 32.2. The van der Waals surface area contributed by atoms with E-state index in [9.17, 15) is 26.4 Å². The summed E-state index contributed by atoms with van der Waals surface area (Å²) in [5.41, 5.74) is 5.17. The second-order valence-corrected chi connectivity index (χ2v) is 11.4. The van der Waals surface area contributed by atoms with Crippen molar-refractivity contribution in [2.75, 3.05) is 17.6 Å². The second kappa shape index (κ2) is 13.7. The first-order valence-corrected chi connectivity index (χ1v) is 14.7. The van der Waals surface area contributed by atoms with Crippen LogP contribution in [0.1, 0.15) is 0 Å². The highest BCUT2D eigenvalue weighted by molar-refractivity contribution is 7.94. The monoisotopic (exact) mass is 646 g/mol. The molecule has 0 unspecified atom stereocenters. The van der Waals surface area contributed by atoms with E-state index in [1.807, 2.05) is 0 Å². The van der Waals surface area contributed by atoms with Crippen molar-refractivity contribution in [2.45, 2.75) is 12.8 Å². The van der Waals surface area contributed by atoms with E-state index >= 15 is 4.39 Å². The minimum atomic E-state index is -3.69. The van der Waals surface area contributed by atoms with Crippen molar-refractivity contribution in [2.24, 2.45) is 11.7 Å². The number of carbonyl (C=O) groups is 1. The van der Waals surface area contributed by atoms with Gasteiger partial charge in [0, 0.05) is 29.5 Å². The van der Waals surface area contributed by atoms with Crippen LogP contribution in [0.15, 0.2) is 73.7 Å². The SMILES string of the molecule is C=CC(C=C)[C@H](N)C(=O)OCn1nc(-c2cc(F)ccc2F)c2c(NCCS(=O)(=O)C=C)nc(Oc3ccc(F)cc3F)nc21. The molecule has 2 heterocycles. The molecule has 0 bridgehead atoms. The van der Waals surface area contributed by atoms with Crippen molar-refractivity contribution in [1.29, 1.82) is 0 Å². The summed E-state index contributed by atoms with van der Waals surface area (Å²) in [6, 6.07) is 3.32. The van der Waals surface area contributed by atoms with Gasteiger partial charge in [-0.05, 0) is 30.3 Å². The van der Waals surface area contributed by atoms with Gasteiger partial charge in [-0.1, -0.05) is 18.7 Å². The smallest absolute Gasteiger partial charge is 0.326 e. The van der Waals surface area contributed by atoms with Crippen LogP contribution in [0, 0.1) is 29.2 Å². The summed E-state index contributed by atoms with van der Waals surface area (Å²) < 4.78 is 93.0. The maximum Gasteiger partial charge on any atom is 0.326 e. The number of rotatable bonds is 14. The van der Waals surface area contributed by atoms with Crippen molar-refractivity contribution >= 4 is 32.7 Å². The number of esters is 1. The average molecular weight is 647 g/mol. The number of sulfone groups is 1. The van der Waals surface area contributed by atoms with E-state index in [0.29, 0.717) is 6.07 Å². The average Bonchev–Trinajstić information content (AvgIpc) is 3.37. The third-order valence-electron chi connectivity index (χ3n) is 6.34. The molecule has 0 spiro atoms. The molecule has 0 radical (unpaired) electrons. The Balaban J connectivity index is 1.89. The molecule has 16 heteroatoms. The summed E-state index contributed by atoms with van der Waals surface area (Å²) >= 11 is 0. The molecule has 3 N–H and O–H groups in total. The molecule has 2 aromatic carbocycles. The normalized spacial score (nSPS) is 12.1. The number of nitrogens with zero attached hydrogens (tertiary/aromatic N) is 4. The summed E-state index contributed by atoms with van der Waals surface area (Å²) in [5, 5.41) is 7.73. The molecule has 0 saturated carbocycles. The number of nitrogens with one attached hydrogen (secondary N) is 1. The molecule has 11 nitrogen and oxygen atoms in total. The van der Waals surface area contributed by atoms with E-state index in [-0.39, 0.29) is 34.7 Å². The molecule has 2 aromatic heterocycles. The van der Waals surface area contributed by atoms with Gasteiger partial charge in [-0.25, -0.2) is 30.7 Å². The minimum absolute atomic E-state index is 0.0714. The van der Waals surface area contributed by atoms with Crippen LogP contribution in [-0.2, 0) is 26.1 Å². The first kappa shape index (κ1) is 32.8. The number of benzene rings is 2. The number of fused-ring (bicyclic) bond motifs is 1. The maximum atomic E-state index is 15.0. The van der Waals surface area contributed by atoms with E-state index in [1.54, 1.807) is 0 Å². The molecule has 0 amide bonds. The lowest BCUT2D eigenvalue weighted by molar-refractivity contribution is -0.149. The molecular formula is C29H26F4N6O5S. The molecule has 0 aliphatic carbocycles. The molecule has 0 aliphatic heterocycles. The van der Waals surface area contributed by atoms with Gasteiger partial charge in [-0.3, -0.25) is 4.79 Å². The first-order chi connectivity index (χ1) is 21.4. The first-order valence-electron chi connectivity index (χ1n) is 13.0. The van der Waals surface area contributed by atoms with Gasteiger partial charge in [0.1, 0.15) is 35.0 Å². The largest absolute Gasteiger partial charge is 0.441 e. The lowest BCUT2D eigenvalue weighted by Crippen LogP contribution is -2.38.